The second kappa shape index (κ2) is 8.50. The van der Waals surface area contributed by atoms with Crippen LogP contribution in [0.2, 0.25) is 5.02 Å². The second-order valence-electron chi connectivity index (χ2n) is 5.93. The Hall–Kier alpha value is -3.13. The number of anilines is 2. The highest BCUT2D eigenvalue weighted by atomic mass is 35.5. The molecule has 0 aliphatic rings. The lowest BCUT2D eigenvalue weighted by atomic mass is 10.1. The first kappa shape index (κ1) is 20.2. The summed E-state index contributed by atoms with van der Waals surface area (Å²) in [6.45, 7) is 3.54. The molecule has 0 heterocycles. The number of rotatable bonds is 6. The SMILES string of the molecule is COc1cc(NC(=O)c2ccc([N+](=O)[O-])cc2Cl)ccc1NC(=O)C(C)C. The van der Waals surface area contributed by atoms with Crippen molar-refractivity contribution in [1.82, 2.24) is 0 Å². The lowest BCUT2D eigenvalue weighted by molar-refractivity contribution is -0.384. The Labute approximate surface area is 160 Å². The van der Waals surface area contributed by atoms with Crippen molar-refractivity contribution >= 4 is 40.5 Å². The number of carbonyl (C=O) groups is 2. The molecule has 2 aromatic rings. The number of halogens is 1. The van der Waals surface area contributed by atoms with Crippen LogP contribution in [-0.2, 0) is 4.79 Å². The van der Waals surface area contributed by atoms with Crippen LogP contribution in [0.1, 0.15) is 24.2 Å². The third-order valence-corrected chi connectivity index (χ3v) is 3.96. The number of nitrogens with one attached hydrogen (secondary N) is 2. The number of methoxy groups -OCH3 is 1. The predicted octanol–water partition coefficient (Wildman–Crippen LogP) is 4.10. The minimum atomic E-state index is -0.595. The van der Waals surface area contributed by atoms with E-state index in [0.29, 0.717) is 17.1 Å². The van der Waals surface area contributed by atoms with E-state index >= 15 is 0 Å². The van der Waals surface area contributed by atoms with Crippen LogP contribution in [0.5, 0.6) is 5.75 Å². The Kier molecular flexibility index (Phi) is 6.36. The quantitative estimate of drug-likeness (QED) is 0.568. The van der Waals surface area contributed by atoms with Gasteiger partial charge in [-0.1, -0.05) is 25.4 Å². The number of amides is 2. The molecule has 0 saturated carbocycles. The van der Waals surface area contributed by atoms with E-state index in [0.717, 1.165) is 6.07 Å². The smallest absolute Gasteiger partial charge is 0.270 e. The van der Waals surface area contributed by atoms with E-state index in [-0.39, 0.29) is 28.1 Å². The number of nitro benzene ring substituents is 1. The summed E-state index contributed by atoms with van der Waals surface area (Å²) in [7, 11) is 1.44. The van der Waals surface area contributed by atoms with Gasteiger partial charge in [-0.25, -0.2) is 0 Å². The topological polar surface area (TPSA) is 111 Å². The second-order valence-corrected chi connectivity index (χ2v) is 6.34. The van der Waals surface area contributed by atoms with E-state index in [2.05, 4.69) is 10.6 Å². The summed E-state index contributed by atoms with van der Waals surface area (Å²) in [6.07, 6.45) is 0. The monoisotopic (exact) mass is 391 g/mol. The van der Waals surface area contributed by atoms with Gasteiger partial charge in [0.25, 0.3) is 11.6 Å². The number of hydrogen-bond acceptors (Lipinski definition) is 5. The Morgan fingerprint density at radius 2 is 1.85 bits per heavy atom. The molecule has 0 radical (unpaired) electrons. The highest BCUT2D eigenvalue weighted by Crippen LogP contribution is 2.29. The highest BCUT2D eigenvalue weighted by molar-refractivity contribution is 6.34. The lowest BCUT2D eigenvalue weighted by Gasteiger charge is -2.14. The maximum atomic E-state index is 12.4. The van der Waals surface area contributed by atoms with Gasteiger partial charge in [0, 0.05) is 29.8 Å². The van der Waals surface area contributed by atoms with Crippen LogP contribution >= 0.6 is 11.6 Å². The van der Waals surface area contributed by atoms with Crippen molar-refractivity contribution in [3.05, 3.63) is 57.1 Å². The molecule has 0 aliphatic heterocycles. The summed E-state index contributed by atoms with van der Waals surface area (Å²) in [5.74, 6) is -0.520. The summed E-state index contributed by atoms with van der Waals surface area (Å²) in [4.78, 5) is 34.4. The number of benzene rings is 2. The van der Waals surface area contributed by atoms with Gasteiger partial charge in [0.2, 0.25) is 5.91 Å². The van der Waals surface area contributed by atoms with E-state index in [1.807, 2.05) is 0 Å². The number of nitro groups is 1. The summed E-state index contributed by atoms with van der Waals surface area (Å²) in [5, 5.41) is 16.1. The minimum Gasteiger partial charge on any atom is -0.494 e. The van der Waals surface area contributed by atoms with Gasteiger partial charge in [0.15, 0.2) is 0 Å². The van der Waals surface area contributed by atoms with E-state index in [4.69, 9.17) is 16.3 Å². The van der Waals surface area contributed by atoms with Crippen LogP contribution in [0.15, 0.2) is 36.4 Å². The molecule has 0 saturated heterocycles. The average molecular weight is 392 g/mol. The fourth-order valence-electron chi connectivity index (χ4n) is 2.15. The van der Waals surface area contributed by atoms with Crippen molar-refractivity contribution in [2.75, 3.05) is 17.7 Å². The van der Waals surface area contributed by atoms with Crippen LogP contribution in [0.25, 0.3) is 0 Å². The van der Waals surface area contributed by atoms with Crippen LogP contribution < -0.4 is 15.4 Å². The molecule has 9 heteroatoms. The zero-order valence-corrected chi connectivity index (χ0v) is 15.7. The van der Waals surface area contributed by atoms with Gasteiger partial charge in [0.05, 0.1) is 28.3 Å². The van der Waals surface area contributed by atoms with Crippen LogP contribution in [0.3, 0.4) is 0 Å². The van der Waals surface area contributed by atoms with Crippen molar-refractivity contribution in [3.63, 3.8) is 0 Å². The summed E-state index contributed by atoms with van der Waals surface area (Å²) >= 11 is 5.97. The molecule has 2 rings (SSSR count). The van der Waals surface area contributed by atoms with Crippen LogP contribution in [-0.4, -0.2) is 23.8 Å². The molecule has 0 atom stereocenters. The number of nitrogens with zero attached hydrogens (tertiary/aromatic N) is 1. The van der Waals surface area contributed by atoms with E-state index in [1.54, 1.807) is 32.0 Å². The first-order valence-electron chi connectivity index (χ1n) is 7.97. The first-order chi connectivity index (χ1) is 12.7. The van der Waals surface area contributed by atoms with Crippen LogP contribution in [0.4, 0.5) is 17.1 Å². The fraction of sp³-hybridized carbons (Fsp3) is 0.222. The number of ether oxygens (including phenoxy) is 1. The van der Waals surface area contributed by atoms with Gasteiger partial charge >= 0.3 is 0 Å². The molecule has 0 unspecified atom stereocenters. The maximum Gasteiger partial charge on any atom is 0.270 e. The van der Waals surface area contributed by atoms with Crippen molar-refractivity contribution in [2.24, 2.45) is 5.92 Å². The first-order valence-corrected chi connectivity index (χ1v) is 8.35. The third-order valence-electron chi connectivity index (χ3n) is 3.65. The molecule has 142 valence electrons. The maximum absolute atomic E-state index is 12.4. The molecular formula is C18H18ClN3O5. The van der Waals surface area contributed by atoms with E-state index in [9.17, 15) is 19.7 Å². The van der Waals surface area contributed by atoms with Gasteiger partial charge < -0.3 is 15.4 Å². The summed E-state index contributed by atoms with van der Waals surface area (Å²) in [5.41, 5.74) is 0.776. The molecule has 2 amide bonds. The number of non-ortho nitro benzene ring substituents is 1. The molecule has 2 aromatic carbocycles. The number of hydrogen-bond donors (Lipinski definition) is 2. The minimum absolute atomic E-state index is 0.0329. The molecule has 0 aromatic heterocycles. The fourth-order valence-corrected chi connectivity index (χ4v) is 2.41. The Balaban J connectivity index is 2.21. The average Bonchev–Trinajstić information content (AvgIpc) is 2.62. The molecule has 0 fully saturated rings. The molecule has 0 aliphatic carbocycles. The lowest BCUT2D eigenvalue weighted by Crippen LogP contribution is -2.18. The summed E-state index contributed by atoms with van der Waals surface area (Å²) in [6, 6.07) is 8.34. The van der Waals surface area contributed by atoms with Crippen molar-refractivity contribution < 1.29 is 19.2 Å². The Morgan fingerprint density at radius 3 is 2.41 bits per heavy atom. The molecule has 8 nitrogen and oxygen atoms in total. The Bertz CT molecular complexity index is 899. The molecule has 0 bridgehead atoms. The summed E-state index contributed by atoms with van der Waals surface area (Å²) < 4.78 is 5.25. The normalized spacial score (nSPS) is 10.4. The molecule has 0 spiro atoms. The van der Waals surface area contributed by atoms with E-state index < -0.39 is 10.8 Å². The van der Waals surface area contributed by atoms with E-state index in [1.165, 1.54) is 19.2 Å². The Morgan fingerprint density at radius 1 is 1.15 bits per heavy atom. The predicted molar refractivity (Wildman–Crippen MR) is 103 cm³/mol. The van der Waals surface area contributed by atoms with Gasteiger partial charge in [-0.2, -0.15) is 0 Å². The van der Waals surface area contributed by atoms with Gasteiger partial charge in [-0.3, -0.25) is 19.7 Å². The van der Waals surface area contributed by atoms with Crippen molar-refractivity contribution in [2.45, 2.75) is 13.8 Å². The number of carbonyl (C=O) groups excluding carboxylic acids is 2. The van der Waals surface area contributed by atoms with Crippen LogP contribution in [0, 0.1) is 16.0 Å². The third kappa shape index (κ3) is 4.95. The van der Waals surface area contributed by atoms with Crippen molar-refractivity contribution in [1.29, 1.82) is 0 Å². The highest BCUT2D eigenvalue weighted by Gasteiger charge is 2.16. The van der Waals surface area contributed by atoms with Crippen molar-refractivity contribution in [3.8, 4) is 5.75 Å². The van der Waals surface area contributed by atoms with Gasteiger partial charge in [-0.05, 0) is 18.2 Å². The molecule has 2 N–H and O–H groups in total. The zero-order valence-electron chi connectivity index (χ0n) is 14.9. The largest absolute Gasteiger partial charge is 0.494 e. The molecule has 27 heavy (non-hydrogen) atoms. The van der Waals surface area contributed by atoms with Gasteiger partial charge in [0.1, 0.15) is 5.75 Å². The molecular weight excluding hydrogens is 374 g/mol. The van der Waals surface area contributed by atoms with Gasteiger partial charge in [-0.15, -0.1) is 0 Å². The standard InChI is InChI=1S/C18H18ClN3O5/c1-10(2)17(23)21-15-7-4-11(8-16(15)27-3)20-18(24)13-6-5-12(22(25)26)9-14(13)19/h4-10H,1-3H3,(H,20,24)(H,21,23). The zero-order chi connectivity index (χ0) is 20.1.